The van der Waals surface area contributed by atoms with E-state index in [1.807, 2.05) is 30.3 Å². The van der Waals surface area contributed by atoms with Gasteiger partial charge in [-0.05, 0) is 10.3 Å². The maximum Gasteiger partial charge on any atom is 2.00 e. The Morgan fingerprint density at radius 2 is 1.52 bits per heavy atom. The molecular weight excluding hydrogens is 356 g/mol. The molecule has 0 saturated heterocycles. The SMILES string of the molecule is CN/C([S-])=N/N=C/C(=N/N=C(\[S-])NC)c1ccccc1.[Cu+2]. The van der Waals surface area contributed by atoms with Crippen LogP contribution in [-0.4, -0.2) is 36.4 Å². The van der Waals surface area contributed by atoms with E-state index in [0.717, 1.165) is 5.56 Å². The van der Waals surface area contributed by atoms with Gasteiger partial charge in [0.15, 0.2) is 0 Å². The minimum Gasteiger partial charge on any atom is -0.741 e. The molecule has 1 rings (SSSR count). The van der Waals surface area contributed by atoms with E-state index in [2.05, 4.69) is 31.0 Å². The van der Waals surface area contributed by atoms with Gasteiger partial charge in [0, 0.05) is 19.7 Å². The van der Waals surface area contributed by atoms with Crippen LogP contribution in [0.1, 0.15) is 5.56 Å². The Balaban J connectivity index is 0.00000400. The molecule has 0 spiro atoms. The minimum atomic E-state index is 0. The Bertz CT molecular complexity index is 542. The maximum atomic E-state index is 4.91. The smallest absolute Gasteiger partial charge is 0.741 e. The van der Waals surface area contributed by atoms with Crippen LogP contribution in [0.15, 0.2) is 50.7 Å². The van der Waals surface area contributed by atoms with Crippen LogP contribution in [0, 0.1) is 0 Å². The summed E-state index contributed by atoms with van der Waals surface area (Å²) in [7, 11) is 3.35. The first-order valence-electron chi connectivity index (χ1n) is 5.69. The number of benzene rings is 1. The molecule has 1 aromatic rings. The molecule has 6 nitrogen and oxygen atoms in total. The largest absolute Gasteiger partial charge is 2.00 e. The van der Waals surface area contributed by atoms with E-state index in [4.69, 9.17) is 25.3 Å². The van der Waals surface area contributed by atoms with Crippen LogP contribution in [0.3, 0.4) is 0 Å². The summed E-state index contributed by atoms with van der Waals surface area (Å²) in [5.74, 6) is 0. The number of amidine groups is 2. The number of hydrogen-bond acceptors (Lipinski definition) is 6. The van der Waals surface area contributed by atoms with Crippen LogP contribution >= 0.6 is 0 Å². The van der Waals surface area contributed by atoms with Crippen molar-refractivity contribution in [2.45, 2.75) is 0 Å². The van der Waals surface area contributed by atoms with Gasteiger partial charge in [-0.2, -0.15) is 15.3 Å². The summed E-state index contributed by atoms with van der Waals surface area (Å²) in [6, 6.07) is 9.47. The molecule has 0 saturated carbocycles. The van der Waals surface area contributed by atoms with Crippen molar-refractivity contribution in [2.24, 2.45) is 20.4 Å². The second kappa shape index (κ2) is 11.2. The third kappa shape index (κ3) is 7.72. The number of nitrogens with one attached hydrogen (secondary N) is 2. The Morgan fingerprint density at radius 3 is 2.10 bits per heavy atom. The summed E-state index contributed by atoms with van der Waals surface area (Å²) in [6.45, 7) is 0. The molecule has 0 fully saturated rings. The third-order valence-electron chi connectivity index (χ3n) is 2.07. The van der Waals surface area contributed by atoms with Crippen molar-refractivity contribution >= 4 is 47.5 Å². The number of rotatable bonds is 4. The summed E-state index contributed by atoms with van der Waals surface area (Å²) in [6.07, 6.45) is 1.47. The Kier molecular flexibility index (Phi) is 10.3. The molecule has 0 atom stereocenters. The number of hydrogen-bond donors (Lipinski definition) is 2. The van der Waals surface area contributed by atoms with Gasteiger partial charge in [-0.1, -0.05) is 30.3 Å². The zero-order valence-corrected chi connectivity index (χ0v) is 13.9. The summed E-state index contributed by atoms with van der Waals surface area (Å²) in [5.41, 5.74) is 1.38. The molecule has 0 bridgehead atoms. The van der Waals surface area contributed by atoms with Gasteiger partial charge < -0.3 is 35.9 Å². The van der Waals surface area contributed by atoms with Crippen molar-refractivity contribution in [3.63, 3.8) is 0 Å². The zero-order chi connectivity index (χ0) is 14.8. The molecule has 0 unspecified atom stereocenters. The molecule has 0 heterocycles. The summed E-state index contributed by atoms with van der Waals surface area (Å²) >= 11 is 9.78. The fraction of sp³-hybridized carbons (Fsp3) is 0.167. The molecule has 1 radical (unpaired) electrons. The monoisotopic (exact) mass is 369 g/mol. The van der Waals surface area contributed by atoms with E-state index < -0.39 is 0 Å². The second-order valence-corrected chi connectivity index (χ2v) is 4.18. The molecule has 115 valence electrons. The molecule has 1 aromatic carbocycles. The molecular formula is C12H14CuN6S2. The molecule has 0 aromatic heterocycles. The fourth-order valence-electron chi connectivity index (χ4n) is 1.10. The van der Waals surface area contributed by atoms with Gasteiger partial charge in [-0.15, -0.1) is 5.10 Å². The average Bonchev–Trinajstić information content (AvgIpc) is 2.50. The third-order valence-corrected chi connectivity index (χ3v) is 2.65. The van der Waals surface area contributed by atoms with Crippen molar-refractivity contribution < 1.29 is 17.1 Å². The first-order chi connectivity index (χ1) is 9.67. The van der Waals surface area contributed by atoms with Crippen LogP contribution in [0.2, 0.25) is 0 Å². The van der Waals surface area contributed by atoms with Crippen LogP contribution < -0.4 is 10.6 Å². The normalized spacial score (nSPS) is 13.0. The quantitative estimate of drug-likeness (QED) is 0.268. The summed E-state index contributed by atoms with van der Waals surface area (Å²) < 4.78 is 0. The topological polar surface area (TPSA) is 73.5 Å². The first kappa shape index (κ1) is 19.5. The van der Waals surface area contributed by atoms with Gasteiger partial charge in [-0.3, -0.25) is 0 Å². The van der Waals surface area contributed by atoms with E-state index in [1.165, 1.54) is 6.21 Å². The Hall–Kier alpha value is -1.54. The van der Waals surface area contributed by atoms with Crippen LogP contribution in [0.25, 0.3) is 0 Å². The first-order valence-corrected chi connectivity index (χ1v) is 6.50. The molecule has 21 heavy (non-hydrogen) atoms. The van der Waals surface area contributed by atoms with Gasteiger partial charge in [0.2, 0.25) is 0 Å². The molecule has 0 aliphatic carbocycles. The Labute approximate surface area is 145 Å². The van der Waals surface area contributed by atoms with Crippen molar-refractivity contribution in [1.29, 1.82) is 0 Å². The van der Waals surface area contributed by atoms with Crippen molar-refractivity contribution in [2.75, 3.05) is 14.1 Å². The molecule has 0 aliphatic heterocycles. The van der Waals surface area contributed by atoms with E-state index in [0.29, 0.717) is 5.71 Å². The van der Waals surface area contributed by atoms with E-state index in [-0.39, 0.29) is 27.4 Å². The molecule has 9 heteroatoms. The van der Waals surface area contributed by atoms with E-state index in [1.54, 1.807) is 14.1 Å². The predicted octanol–water partition coefficient (Wildman–Crippen LogP) is 0.619. The van der Waals surface area contributed by atoms with Crippen LogP contribution in [-0.2, 0) is 42.3 Å². The Morgan fingerprint density at radius 1 is 0.952 bits per heavy atom. The van der Waals surface area contributed by atoms with Crippen molar-refractivity contribution in [3.8, 4) is 0 Å². The maximum absolute atomic E-state index is 4.91. The van der Waals surface area contributed by atoms with Crippen LogP contribution in [0.4, 0.5) is 0 Å². The average molecular weight is 370 g/mol. The van der Waals surface area contributed by atoms with Crippen LogP contribution in [0.5, 0.6) is 0 Å². The second-order valence-electron chi connectivity index (χ2n) is 3.41. The van der Waals surface area contributed by atoms with Crippen molar-refractivity contribution in [1.82, 2.24) is 10.6 Å². The minimum absolute atomic E-state index is 0. The predicted molar refractivity (Wildman–Crippen MR) is 89.2 cm³/mol. The molecule has 2 N–H and O–H groups in total. The van der Waals surface area contributed by atoms with E-state index in [9.17, 15) is 0 Å². The summed E-state index contributed by atoms with van der Waals surface area (Å²) in [5, 5.41) is 21.5. The number of nitrogens with zero attached hydrogens (tertiary/aromatic N) is 4. The van der Waals surface area contributed by atoms with Gasteiger partial charge in [0.25, 0.3) is 0 Å². The standard InChI is InChI=1S/C12H16N6S2.Cu/c1-13-11(19)17-15-8-10(16-18-12(20)14-2)9-6-4-3-5-7-9;/h3-8H,1-2H3,(H2,13,17,19)(H2,14,18,20);/q;+2/p-2/b15-8+,16-10-;. The zero-order valence-electron chi connectivity index (χ0n) is 11.4. The fourth-order valence-corrected chi connectivity index (χ4v) is 1.19. The van der Waals surface area contributed by atoms with Gasteiger partial charge >= 0.3 is 17.1 Å². The van der Waals surface area contributed by atoms with Gasteiger partial charge in [0.05, 0.1) is 6.21 Å². The van der Waals surface area contributed by atoms with Crippen molar-refractivity contribution in [3.05, 3.63) is 35.9 Å². The molecule has 0 aliphatic rings. The molecule has 0 amide bonds. The van der Waals surface area contributed by atoms with E-state index >= 15 is 0 Å². The van der Waals surface area contributed by atoms with Gasteiger partial charge in [-0.25, -0.2) is 0 Å². The summed E-state index contributed by atoms with van der Waals surface area (Å²) in [4.78, 5) is 0. The van der Waals surface area contributed by atoms with Gasteiger partial charge in [0.1, 0.15) is 5.71 Å².